The fourth-order valence-electron chi connectivity index (χ4n) is 1.87. The van der Waals surface area contributed by atoms with Crippen LogP contribution in [-0.4, -0.2) is 17.4 Å². The van der Waals surface area contributed by atoms with E-state index in [1.807, 2.05) is 6.92 Å². The summed E-state index contributed by atoms with van der Waals surface area (Å²) in [5.41, 5.74) is 0.644. The first-order valence-corrected chi connectivity index (χ1v) is 6.64. The van der Waals surface area contributed by atoms with Crippen LogP contribution in [0.3, 0.4) is 0 Å². The second-order valence-corrected chi connectivity index (χ2v) is 4.64. The third-order valence-electron chi connectivity index (χ3n) is 2.80. The van der Waals surface area contributed by atoms with Crippen molar-refractivity contribution >= 4 is 5.78 Å². The Kier molecular flexibility index (Phi) is 4.98. The van der Waals surface area contributed by atoms with Crippen LogP contribution in [0.2, 0.25) is 0 Å². The minimum Gasteiger partial charge on any atom is -0.492 e. The number of carbonyl (C=O) groups is 1. The maximum absolute atomic E-state index is 13.1. The van der Waals surface area contributed by atoms with Gasteiger partial charge in [-0.05, 0) is 30.2 Å². The van der Waals surface area contributed by atoms with Crippen LogP contribution in [0, 0.1) is 11.6 Å². The van der Waals surface area contributed by atoms with Crippen molar-refractivity contribution in [1.29, 1.82) is 0 Å². The van der Waals surface area contributed by atoms with Gasteiger partial charge >= 0.3 is 0 Å². The molecule has 0 fully saturated rings. The van der Waals surface area contributed by atoms with Gasteiger partial charge in [0.1, 0.15) is 17.4 Å². The molecule has 1 aromatic heterocycles. The van der Waals surface area contributed by atoms with Gasteiger partial charge in [-0.15, -0.1) is 0 Å². The molecule has 0 atom stereocenters. The lowest BCUT2D eigenvalue weighted by molar-refractivity contribution is 0.0992. The molecule has 0 unspecified atom stereocenters. The van der Waals surface area contributed by atoms with Crippen LogP contribution < -0.4 is 4.74 Å². The topological polar surface area (TPSA) is 39.2 Å². The third-order valence-corrected chi connectivity index (χ3v) is 2.80. The summed E-state index contributed by atoms with van der Waals surface area (Å²) >= 11 is 0. The van der Waals surface area contributed by atoms with Crippen molar-refractivity contribution in [2.75, 3.05) is 6.61 Å². The van der Waals surface area contributed by atoms with Gasteiger partial charge in [-0.25, -0.2) is 8.78 Å². The molecule has 21 heavy (non-hydrogen) atoms. The Morgan fingerprint density at radius 1 is 1.14 bits per heavy atom. The molecule has 0 aliphatic rings. The highest BCUT2D eigenvalue weighted by Crippen LogP contribution is 2.15. The molecular weight excluding hydrogens is 276 g/mol. The summed E-state index contributed by atoms with van der Waals surface area (Å²) < 4.78 is 31.6. The van der Waals surface area contributed by atoms with Gasteiger partial charge in [-0.1, -0.05) is 6.92 Å². The number of aromatic nitrogens is 1. The van der Waals surface area contributed by atoms with Gasteiger partial charge in [0, 0.05) is 24.2 Å². The Morgan fingerprint density at radius 2 is 1.86 bits per heavy atom. The predicted molar refractivity (Wildman–Crippen MR) is 74.4 cm³/mol. The second kappa shape index (κ2) is 6.92. The maximum Gasteiger partial charge on any atom is 0.168 e. The summed E-state index contributed by atoms with van der Waals surface area (Å²) in [5.74, 6) is -1.16. The molecule has 2 rings (SSSR count). The van der Waals surface area contributed by atoms with Crippen LogP contribution in [0.15, 0.2) is 36.7 Å². The lowest BCUT2D eigenvalue weighted by Gasteiger charge is -2.06. The van der Waals surface area contributed by atoms with Crippen LogP contribution in [0.4, 0.5) is 8.78 Å². The number of hydrogen-bond donors (Lipinski definition) is 0. The van der Waals surface area contributed by atoms with Gasteiger partial charge < -0.3 is 4.74 Å². The molecule has 0 spiro atoms. The number of rotatable bonds is 6. The fourth-order valence-corrected chi connectivity index (χ4v) is 1.87. The van der Waals surface area contributed by atoms with Crippen molar-refractivity contribution in [1.82, 2.24) is 4.98 Å². The number of pyridine rings is 1. The summed E-state index contributed by atoms with van der Waals surface area (Å²) in [5, 5.41) is 0. The molecule has 110 valence electrons. The van der Waals surface area contributed by atoms with E-state index in [2.05, 4.69) is 4.98 Å². The largest absolute Gasteiger partial charge is 0.492 e. The molecule has 0 bridgehead atoms. The smallest absolute Gasteiger partial charge is 0.168 e. The molecule has 0 N–H and O–H groups in total. The average molecular weight is 291 g/mol. The van der Waals surface area contributed by atoms with Crippen molar-refractivity contribution in [3.63, 3.8) is 0 Å². The standard InChI is InChI=1S/C16H15F2NO2/c1-2-3-21-15-7-12(9-19-10-15)16(20)6-11-4-13(17)8-14(18)5-11/h4-5,7-10H,2-3,6H2,1H3. The van der Waals surface area contributed by atoms with Crippen LogP contribution >= 0.6 is 0 Å². The van der Waals surface area contributed by atoms with Crippen LogP contribution in [0.5, 0.6) is 5.75 Å². The number of benzene rings is 1. The van der Waals surface area contributed by atoms with Crippen molar-refractivity contribution < 1.29 is 18.3 Å². The summed E-state index contributed by atoms with van der Waals surface area (Å²) in [6.07, 6.45) is 3.69. The van der Waals surface area contributed by atoms with Crippen LogP contribution in [0.1, 0.15) is 29.3 Å². The van der Waals surface area contributed by atoms with E-state index in [9.17, 15) is 13.6 Å². The first-order valence-electron chi connectivity index (χ1n) is 6.64. The molecule has 0 amide bonds. The number of hydrogen-bond acceptors (Lipinski definition) is 3. The molecule has 1 heterocycles. The van der Waals surface area contributed by atoms with E-state index >= 15 is 0 Å². The lowest BCUT2D eigenvalue weighted by Crippen LogP contribution is -2.06. The number of carbonyl (C=O) groups excluding carboxylic acids is 1. The third kappa shape index (κ3) is 4.34. The Balaban J connectivity index is 2.12. The minimum atomic E-state index is -0.698. The number of halogens is 2. The van der Waals surface area contributed by atoms with E-state index in [4.69, 9.17) is 4.74 Å². The van der Waals surface area contributed by atoms with Crippen molar-refractivity contribution in [3.05, 3.63) is 59.4 Å². The fraction of sp³-hybridized carbons (Fsp3) is 0.250. The van der Waals surface area contributed by atoms with Crippen molar-refractivity contribution in [3.8, 4) is 5.75 Å². The van der Waals surface area contributed by atoms with Crippen LogP contribution in [0.25, 0.3) is 0 Å². The minimum absolute atomic E-state index is 0.0897. The van der Waals surface area contributed by atoms with Gasteiger partial charge in [-0.3, -0.25) is 9.78 Å². The Bertz CT molecular complexity index is 624. The molecule has 0 saturated carbocycles. The number of ether oxygens (including phenoxy) is 1. The molecule has 2 aromatic rings. The number of nitrogens with zero attached hydrogens (tertiary/aromatic N) is 1. The molecule has 0 saturated heterocycles. The molecule has 0 aliphatic carbocycles. The van der Waals surface area contributed by atoms with Gasteiger partial charge in [0.2, 0.25) is 0 Å². The quantitative estimate of drug-likeness (QED) is 0.764. The van der Waals surface area contributed by atoms with E-state index in [0.717, 1.165) is 24.6 Å². The highest BCUT2D eigenvalue weighted by molar-refractivity contribution is 5.97. The highest BCUT2D eigenvalue weighted by atomic mass is 19.1. The zero-order valence-electron chi connectivity index (χ0n) is 11.6. The predicted octanol–water partition coefficient (Wildman–Crippen LogP) is 3.57. The molecule has 3 nitrogen and oxygen atoms in total. The molecular formula is C16H15F2NO2. The average Bonchev–Trinajstić information content (AvgIpc) is 2.44. The van der Waals surface area contributed by atoms with Gasteiger partial charge in [0.25, 0.3) is 0 Å². The van der Waals surface area contributed by atoms with Gasteiger partial charge in [0.15, 0.2) is 5.78 Å². The summed E-state index contributed by atoms with van der Waals surface area (Å²) in [6.45, 7) is 2.51. The SMILES string of the molecule is CCCOc1cncc(C(=O)Cc2cc(F)cc(F)c2)c1. The zero-order valence-corrected chi connectivity index (χ0v) is 11.6. The van der Waals surface area contributed by atoms with Crippen LogP contribution in [-0.2, 0) is 6.42 Å². The Hall–Kier alpha value is -2.30. The summed E-state index contributed by atoms with van der Waals surface area (Å²) in [4.78, 5) is 16.1. The monoisotopic (exact) mass is 291 g/mol. The summed E-state index contributed by atoms with van der Waals surface area (Å²) in [6, 6.07) is 4.65. The Labute approximate surface area is 121 Å². The van der Waals surface area contributed by atoms with Gasteiger partial charge in [-0.2, -0.15) is 0 Å². The van der Waals surface area contributed by atoms with Crippen molar-refractivity contribution in [2.45, 2.75) is 19.8 Å². The normalized spacial score (nSPS) is 10.4. The number of Topliss-reactive ketones (excluding diaryl/α,β-unsaturated/α-hetero) is 1. The molecule has 0 aliphatic heterocycles. The lowest BCUT2D eigenvalue weighted by atomic mass is 10.0. The first-order chi connectivity index (χ1) is 10.1. The van der Waals surface area contributed by atoms with E-state index in [1.165, 1.54) is 12.4 Å². The number of ketones is 1. The highest BCUT2D eigenvalue weighted by Gasteiger charge is 2.10. The molecule has 0 radical (unpaired) electrons. The molecule has 1 aromatic carbocycles. The maximum atomic E-state index is 13.1. The van der Waals surface area contributed by atoms with Crippen molar-refractivity contribution in [2.24, 2.45) is 0 Å². The molecule has 5 heteroatoms. The first kappa shape index (κ1) is 15.1. The summed E-state index contributed by atoms with van der Waals surface area (Å²) in [7, 11) is 0. The van der Waals surface area contributed by atoms with E-state index < -0.39 is 11.6 Å². The second-order valence-electron chi connectivity index (χ2n) is 4.64. The Morgan fingerprint density at radius 3 is 2.52 bits per heavy atom. The zero-order chi connectivity index (χ0) is 15.2. The van der Waals surface area contributed by atoms with E-state index in [1.54, 1.807) is 6.07 Å². The van der Waals surface area contributed by atoms with Gasteiger partial charge in [0.05, 0.1) is 12.8 Å². The van der Waals surface area contributed by atoms with E-state index in [0.29, 0.717) is 17.9 Å². The van der Waals surface area contributed by atoms with E-state index in [-0.39, 0.29) is 17.8 Å².